The Morgan fingerprint density at radius 3 is 1.07 bits per heavy atom. The lowest BCUT2D eigenvalue weighted by atomic mass is 10.0. The molecule has 0 heterocycles. The quantitative estimate of drug-likeness (QED) is 0.0197. The third kappa shape index (κ3) is 55.2. The molecule has 0 bridgehead atoms. The van der Waals surface area contributed by atoms with Crippen molar-refractivity contribution in [2.75, 3.05) is 26.4 Å². The second-order valence-electron chi connectivity index (χ2n) is 19.8. The lowest BCUT2D eigenvalue weighted by molar-refractivity contribution is -0.161. The summed E-state index contributed by atoms with van der Waals surface area (Å²) in [5, 5.41) is 9.83. The summed E-state index contributed by atoms with van der Waals surface area (Å²) in [4.78, 5) is 48.6. The van der Waals surface area contributed by atoms with Crippen LogP contribution in [0.1, 0.15) is 252 Å². The molecule has 76 heavy (non-hydrogen) atoms. The molecule has 3 atom stereocenters. The number of unbranched alkanes of at least 4 members (excludes halogenated alkanes) is 22. The molecule has 0 amide bonds. The van der Waals surface area contributed by atoms with Crippen LogP contribution < -0.4 is 0 Å². The number of hydrogen-bond acceptors (Lipinski definition) is 10. The Labute approximate surface area is 463 Å². The van der Waals surface area contributed by atoms with Gasteiger partial charge in [-0.05, 0) is 96.3 Å². The highest BCUT2D eigenvalue weighted by molar-refractivity contribution is 7.47. The minimum Gasteiger partial charge on any atom is -0.462 e. The third-order valence-electron chi connectivity index (χ3n) is 12.5. The number of aliphatic hydroxyl groups excluding tert-OH is 1. The summed E-state index contributed by atoms with van der Waals surface area (Å²) in [5.41, 5.74) is 0. The van der Waals surface area contributed by atoms with Crippen LogP contribution in [0.4, 0.5) is 0 Å². The molecule has 0 aromatic carbocycles. The summed E-state index contributed by atoms with van der Waals surface area (Å²) in [7, 11) is -4.77. The van der Waals surface area contributed by atoms with Gasteiger partial charge in [-0.25, -0.2) is 4.57 Å². The molecule has 0 saturated carbocycles. The maximum absolute atomic E-state index is 12.9. The monoisotopic (exact) mass is 1080 g/mol. The van der Waals surface area contributed by atoms with Gasteiger partial charge in [0.05, 0.1) is 19.8 Å². The van der Waals surface area contributed by atoms with Crippen LogP contribution in [0.15, 0.2) is 97.2 Å². The number of phosphoric acid groups is 1. The molecule has 0 rings (SSSR count). The van der Waals surface area contributed by atoms with Crippen LogP contribution >= 0.6 is 7.82 Å². The normalized spacial score (nSPS) is 14.0. The van der Waals surface area contributed by atoms with Crippen molar-refractivity contribution in [1.82, 2.24) is 0 Å². The molecular formula is C64H109O11P. The summed E-state index contributed by atoms with van der Waals surface area (Å²) < 4.78 is 39.6. The largest absolute Gasteiger partial charge is 0.472 e. The number of allylic oxidation sites excluding steroid dienone is 16. The summed E-state index contributed by atoms with van der Waals surface area (Å²) in [6.07, 6.45) is 67.9. The van der Waals surface area contributed by atoms with Gasteiger partial charge < -0.3 is 24.2 Å². The van der Waals surface area contributed by atoms with Gasteiger partial charge in [-0.1, -0.05) is 234 Å². The maximum Gasteiger partial charge on any atom is 0.472 e. The molecule has 11 nitrogen and oxygen atoms in total. The van der Waals surface area contributed by atoms with Crippen LogP contribution in [0.3, 0.4) is 0 Å². The number of rotatable bonds is 55. The van der Waals surface area contributed by atoms with E-state index in [1.54, 1.807) is 0 Å². The van der Waals surface area contributed by atoms with Gasteiger partial charge >= 0.3 is 25.7 Å². The second kappa shape index (κ2) is 57.6. The zero-order valence-electron chi connectivity index (χ0n) is 48.2. The van der Waals surface area contributed by atoms with Crippen LogP contribution in [0, 0.1) is 0 Å². The van der Waals surface area contributed by atoms with E-state index in [2.05, 4.69) is 118 Å². The van der Waals surface area contributed by atoms with Crippen molar-refractivity contribution in [3.63, 3.8) is 0 Å². The predicted octanol–water partition coefficient (Wildman–Crippen LogP) is 18.0. The summed E-state index contributed by atoms with van der Waals surface area (Å²) in [6, 6.07) is 0. The van der Waals surface area contributed by atoms with Crippen molar-refractivity contribution < 1.29 is 52.2 Å². The van der Waals surface area contributed by atoms with Crippen LogP contribution in [-0.2, 0) is 42.2 Å². The first-order chi connectivity index (χ1) is 37.2. The Hall–Kier alpha value is -3.60. The Kier molecular flexibility index (Phi) is 54.8. The molecule has 0 aliphatic carbocycles. The van der Waals surface area contributed by atoms with Crippen molar-refractivity contribution in [3.8, 4) is 0 Å². The first-order valence-electron chi connectivity index (χ1n) is 30.1. The van der Waals surface area contributed by atoms with E-state index >= 15 is 0 Å². The Balaban J connectivity index is 4.76. The Morgan fingerprint density at radius 1 is 0.382 bits per heavy atom. The third-order valence-corrected chi connectivity index (χ3v) is 13.5. The first-order valence-corrected chi connectivity index (χ1v) is 31.6. The minimum atomic E-state index is -4.77. The van der Waals surface area contributed by atoms with E-state index in [9.17, 15) is 28.9 Å². The fraction of sp³-hybridized carbons (Fsp3) is 0.703. The van der Waals surface area contributed by atoms with Crippen molar-refractivity contribution in [2.45, 2.75) is 264 Å². The lowest BCUT2D eigenvalue weighted by Gasteiger charge is -2.21. The van der Waals surface area contributed by atoms with Gasteiger partial charge in [-0.3, -0.25) is 23.4 Å². The number of hydrogen-bond donors (Lipinski definition) is 2. The van der Waals surface area contributed by atoms with Gasteiger partial charge in [0.15, 0.2) is 6.10 Å². The standard InChI is InChI=1S/C64H109O11P/c1-4-7-10-13-16-19-22-25-27-29-30-32-34-37-40-43-46-49-52-55-64(68)75-61(57-71-62(66)53-50-47-44-41-38-35-24-21-18-15-12-9-6-3)59-73-76(69,70)72-58-60(56-65)74-63(67)54-51-48-45-42-39-36-33-31-28-26-23-20-17-14-11-8-5-2/h7-8,10-11,16-17,19-20,25-28,30,32,37,40,60-61,65H,4-6,9,12-15,18,21-24,29,31,33-36,38-39,41-59H2,1-3H3,(H,69,70)/b10-7-,11-8-,19-16-,20-17-,27-25-,28-26-,32-30-,40-37-. The summed E-state index contributed by atoms with van der Waals surface area (Å²) in [6.45, 7) is 4.38. The molecule has 0 spiro atoms. The molecule has 0 aromatic rings. The van der Waals surface area contributed by atoms with Crippen LogP contribution in [0.2, 0.25) is 0 Å². The van der Waals surface area contributed by atoms with Crippen molar-refractivity contribution in [3.05, 3.63) is 97.2 Å². The van der Waals surface area contributed by atoms with Crippen molar-refractivity contribution >= 4 is 25.7 Å². The van der Waals surface area contributed by atoms with E-state index in [-0.39, 0.29) is 25.9 Å². The maximum atomic E-state index is 12.9. The van der Waals surface area contributed by atoms with E-state index < -0.39 is 57.8 Å². The molecule has 0 aliphatic heterocycles. The topological polar surface area (TPSA) is 155 Å². The summed E-state index contributed by atoms with van der Waals surface area (Å²) >= 11 is 0. The average molecular weight is 1090 g/mol. The molecule has 3 unspecified atom stereocenters. The molecule has 0 aromatic heterocycles. The Morgan fingerprint density at radius 2 is 0.684 bits per heavy atom. The highest BCUT2D eigenvalue weighted by Crippen LogP contribution is 2.43. The van der Waals surface area contributed by atoms with Crippen molar-refractivity contribution in [1.29, 1.82) is 0 Å². The zero-order chi connectivity index (χ0) is 55.5. The fourth-order valence-electron chi connectivity index (χ4n) is 7.99. The number of phosphoric ester groups is 1. The SMILES string of the molecule is CC/C=C\C/C=C\C/C=C\C/C=C\C/C=C\CCCCCC(=O)OC(COC(=O)CCCCCCCCCCCCCCC)COP(=O)(O)OCC(CO)OC(=O)CCCCCCCCC/C=C\C/C=C\C/C=C\CC. The highest BCUT2D eigenvalue weighted by atomic mass is 31.2. The van der Waals surface area contributed by atoms with Crippen molar-refractivity contribution in [2.24, 2.45) is 0 Å². The van der Waals surface area contributed by atoms with Gasteiger partial charge in [0.2, 0.25) is 0 Å². The van der Waals surface area contributed by atoms with E-state index in [0.29, 0.717) is 19.3 Å². The Bertz CT molecular complexity index is 1640. The van der Waals surface area contributed by atoms with Crippen LogP contribution in [0.25, 0.3) is 0 Å². The van der Waals surface area contributed by atoms with E-state index in [0.717, 1.165) is 122 Å². The molecule has 2 N–H and O–H groups in total. The molecule has 0 aliphatic rings. The number of esters is 3. The zero-order valence-corrected chi connectivity index (χ0v) is 49.1. The van der Waals surface area contributed by atoms with E-state index in [1.807, 2.05) is 0 Å². The molecule has 0 saturated heterocycles. The van der Waals surface area contributed by atoms with Gasteiger partial charge in [0.1, 0.15) is 12.7 Å². The lowest BCUT2D eigenvalue weighted by Crippen LogP contribution is -2.30. The van der Waals surface area contributed by atoms with Gasteiger partial charge in [-0.15, -0.1) is 0 Å². The number of aliphatic hydroxyl groups is 1. The van der Waals surface area contributed by atoms with Crippen LogP contribution in [0.5, 0.6) is 0 Å². The second-order valence-corrected chi connectivity index (χ2v) is 21.2. The molecule has 0 radical (unpaired) electrons. The predicted molar refractivity (Wildman–Crippen MR) is 316 cm³/mol. The molecule has 436 valence electrons. The summed E-state index contributed by atoms with van der Waals surface area (Å²) in [5.74, 6) is -1.51. The van der Waals surface area contributed by atoms with Crippen LogP contribution in [-0.4, -0.2) is 66.5 Å². The highest BCUT2D eigenvalue weighted by Gasteiger charge is 2.28. The van der Waals surface area contributed by atoms with E-state index in [1.165, 1.54) is 70.6 Å². The number of carbonyl (C=O) groups is 3. The average Bonchev–Trinajstić information content (AvgIpc) is 3.41. The van der Waals surface area contributed by atoms with Gasteiger partial charge in [0.25, 0.3) is 0 Å². The molecule has 12 heteroatoms. The number of ether oxygens (including phenoxy) is 3. The van der Waals surface area contributed by atoms with Gasteiger partial charge in [-0.2, -0.15) is 0 Å². The fourth-order valence-corrected chi connectivity index (χ4v) is 8.77. The number of carbonyl (C=O) groups excluding carboxylic acids is 3. The first kappa shape index (κ1) is 72.4. The smallest absolute Gasteiger partial charge is 0.462 e. The van der Waals surface area contributed by atoms with Gasteiger partial charge in [0, 0.05) is 19.3 Å². The minimum absolute atomic E-state index is 0.126. The molecular weight excluding hydrogens is 976 g/mol. The molecule has 0 fully saturated rings. The van der Waals surface area contributed by atoms with E-state index in [4.69, 9.17) is 23.3 Å².